The van der Waals surface area contributed by atoms with Crippen molar-refractivity contribution >= 4 is 27.5 Å². The number of ether oxygens (including phenoxy) is 2. The van der Waals surface area contributed by atoms with Gasteiger partial charge in [-0.15, -0.1) is 0 Å². The van der Waals surface area contributed by atoms with Crippen LogP contribution in [0, 0.1) is 6.92 Å². The zero-order valence-electron chi connectivity index (χ0n) is 11.5. The van der Waals surface area contributed by atoms with E-state index in [0.29, 0.717) is 11.6 Å². The van der Waals surface area contributed by atoms with Gasteiger partial charge in [0.25, 0.3) is 0 Å². The van der Waals surface area contributed by atoms with Crippen LogP contribution in [0.5, 0.6) is 11.5 Å². The molecule has 0 aliphatic rings. The van der Waals surface area contributed by atoms with Gasteiger partial charge in [0, 0.05) is 21.5 Å². The molecule has 0 saturated carbocycles. The molecule has 2 aromatic carbocycles. The van der Waals surface area contributed by atoms with E-state index >= 15 is 0 Å². The summed E-state index contributed by atoms with van der Waals surface area (Å²) in [5.41, 5.74) is 3.28. The van der Waals surface area contributed by atoms with Crippen molar-refractivity contribution in [1.82, 2.24) is 0 Å². The van der Waals surface area contributed by atoms with E-state index in [-0.39, 0.29) is 0 Å². The Balaban J connectivity index is 2.18. The van der Waals surface area contributed by atoms with Crippen LogP contribution < -0.4 is 9.47 Å². The van der Waals surface area contributed by atoms with Crippen molar-refractivity contribution in [2.45, 2.75) is 18.9 Å². The number of halogens is 2. The number of hydrogen-bond acceptors (Lipinski definition) is 2. The summed E-state index contributed by atoms with van der Waals surface area (Å²) in [4.78, 5) is 0. The van der Waals surface area contributed by atoms with E-state index < -0.39 is 0 Å². The van der Waals surface area contributed by atoms with Crippen molar-refractivity contribution in [3.63, 3.8) is 0 Å². The fourth-order valence-corrected chi connectivity index (χ4v) is 2.60. The maximum Gasteiger partial charge on any atom is 0.125 e. The van der Waals surface area contributed by atoms with Crippen molar-refractivity contribution in [3.05, 3.63) is 58.1 Å². The average Bonchev–Trinajstić information content (AvgIpc) is 2.46. The predicted molar refractivity (Wildman–Crippen MR) is 86.1 cm³/mol. The first-order valence-electron chi connectivity index (χ1n) is 6.24. The SMILES string of the molecule is COc1ccc(Cl)cc1COc1ccc(C)cc1CBr. The molecular formula is C16H16BrClO2. The van der Waals surface area contributed by atoms with Crippen LogP contribution in [0.4, 0.5) is 0 Å². The van der Waals surface area contributed by atoms with Crippen LogP contribution in [0.2, 0.25) is 5.02 Å². The minimum absolute atomic E-state index is 0.423. The molecule has 2 nitrogen and oxygen atoms in total. The van der Waals surface area contributed by atoms with E-state index in [1.165, 1.54) is 5.56 Å². The highest BCUT2D eigenvalue weighted by molar-refractivity contribution is 9.08. The van der Waals surface area contributed by atoms with Crippen LogP contribution in [0.1, 0.15) is 16.7 Å². The van der Waals surface area contributed by atoms with E-state index in [9.17, 15) is 0 Å². The van der Waals surface area contributed by atoms with Gasteiger partial charge >= 0.3 is 0 Å². The third-order valence-electron chi connectivity index (χ3n) is 2.99. The van der Waals surface area contributed by atoms with Crippen LogP contribution >= 0.6 is 27.5 Å². The molecule has 0 unspecified atom stereocenters. The molecule has 20 heavy (non-hydrogen) atoms. The maximum absolute atomic E-state index is 6.02. The van der Waals surface area contributed by atoms with Crippen molar-refractivity contribution in [2.75, 3.05) is 7.11 Å². The molecule has 4 heteroatoms. The lowest BCUT2D eigenvalue weighted by molar-refractivity contribution is 0.294. The topological polar surface area (TPSA) is 18.5 Å². The van der Waals surface area contributed by atoms with Crippen molar-refractivity contribution < 1.29 is 9.47 Å². The monoisotopic (exact) mass is 354 g/mol. The first-order valence-corrected chi connectivity index (χ1v) is 7.74. The van der Waals surface area contributed by atoms with Crippen molar-refractivity contribution in [1.29, 1.82) is 0 Å². The molecule has 0 radical (unpaired) electrons. The molecule has 0 aromatic heterocycles. The van der Waals surface area contributed by atoms with Crippen molar-refractivity contribution in [2.24, 2.45) is 0 Å². The highest BCUT2D eigenvalue weighted by atomic mass is 79.9. The van der Waals surface area contributed by atoms with Crippen LogP contribution in [0.3, 0.4) is 0 Å². The molecule has 2 aromatic rings. The zero-order valence-corrected chi connectivity index (χ0v) is 13.8. The molecule has 106 valence electrons. The van der Waals surface area contributed by atoms with Gasteiger partial charge in [0.1, 0.15) is 18.1 Å². The minimum Gasteiger partial charge on any atom is -0.496 e. The molecule has 0 N–H and O–H groups in total. The van der Waals surface area contributed by atoms with E-state index in [1.807, 2.05) is 24.3 Å². The third-order valence-corrected chi connectivity index (χ3v) is 3.82. The summed E-state index contributed by atoms with van der Waals surface area (Å²) in [6, 6.07) is 11.7. The van der Waals surface area contributed by atoms with Gasteiger partial charge < -0.3 is 9.47 Å². The molecule has 0 fully saturated rings. The molecule has 0 bridgehead atoms. The van der Waals surface area contributed by atoms with Crippen LogP contribution in [0.25, 0.3) is 0 Å². The van der Waals surface area contributed by atoms with Gasteiger partial charge in [0.15, 0.2) is 0 Å². The molecule has 0 spiro atoms. The number of rotatable bonds is 5. The van der Waals surface area contributed by atoms with Gasteiger partial charge in [0.2, 0.25) is 0 Å². The quantitative estimate of drug-likeness (QED) is 0.692. The first kappa shape index (κ1) is 15.2. The summed E-state index contributed by atoms with van der Waals surface area (Å²) in [6.45, 7) is 2.49. The number of benzene rings is 2. The number of alkyl halides is 1. The largest absolute Gasteiger partial charge is 0.496 e. The van der Waals surface area contributed by atoms with Gasteiger partial charge in [-0.25, -0.2) is 0 Å². The summed E-state index contributed by atoms with van der Waals surface area (Å²) in [6.07, 6.45) is 0. The van der Waals surface area contributed by atoms with Gasteiger partial charge in [0.05, 0.1) is 7.11 Å². The number of hydrogen-bond donors (Lipinski definition) is 0. The molecule has 0 aliphatic carbocycles. The smallest absolute Gasteiger partial charge is 0.125 e. The molecule has 0 saturated heterocycles. The van der Waals surface area contributed by atoms with Gasteiger partial charge in [-0.1, -0.05) is 45.2 Å². The molecular weight excluding hydrogens is 340 g/mol. The Kier molecular flexibility index (Phi) is 5.32. The standard InChI is InChI=1S/C16H16BrClO2/c1-11-3-5-16(12(7-11)9-17)20-10-13-8-14(18)4-6-15(13)19-2/h3-8H,9-10H2,1-2H3. The summed E-state index contributed by atoms with van der Waals surface area (Å²) in [7, 11) is 1.64. The summed E-state index contributed by atoms with van der Waals surface area (Å²) >= 11 is 9.50. The second-order valence-electron chi connectivity index (χ2n) is 4.49. The average molecular weight is 356 g/mol. The number of aryl methyl sites for hydroxylation is 1. The fraction of sp³-hybridized carbons (Fsp3) is 0.250. The molecule has 0 aliphatic heterocycles. The summed E-state index contributed by atoms with van der Waals surface area (Å²) in [5.74, 6) is 1.65. The summed E-state index contributed by atoms with van der Waals surface area (Å²) in [5, 5.41) is 1.44. The van der Waals surface area contributed by atoms with Gasteiger partial charge in [-0.3, -0.25) is 0 Å². The van der Waals surface area contributed by atoms with Gasteiger partial charge in [-0.05, 0) is 31.2 Å². The minimum atomic E-state index is 0.423. The Labute approximate surface area is 132 Å². The lowest BCUT2D eigenvalue weighted by Crippen LogP contribution is -2.00. The molecule has 0 heterocycles. The highest BCUT2D eigenvalue weighted by Gasteiger charge is 2.07. The van der Waals surface area contributed by atoms with Crippen LogP contribution in [0.15, 0.2) is 36.4 Å². The normalized spacial score (nSPS) is 10.4. The molecule has 0 atom stereocenters. The second kappa shape index (κ2) is 7.00. The lowest BCUT2D eigenvalue weighted by atomic mass is 10.1. The first-order chi connectivity index (χ1) is 9.63. The Morgan fingerprint density at radius 3 is 2.50 bits per heavy atom. The Morgan fingerprint density at radius 2 is 1.80 bits per heavy atom. The Morgan fingerprint density at radius 1 is 1.05 bits per heavy atom. The predicted octanol–water partition coefficient (Wildman–Crippen LogP) is 5.13. The van der Waals surface area contributed by atoms with Crippen LogP contribution in [-0.2, 0) is 11.9 Å². The lowest BCUT2D eigenvalue weighted by Gasteiger charge is -2.13. The Bertz CT molecular complexity index is 599. The zero-order chi connectivity index (χ0) is 14.5. The van der Waals surface area contributed by atoms with Gasteiger partial charge in [-0.2, -0.15) is 0 Å². The third kappa shape index (κ3) is 3.68. The molecule has 0 amide bonds. The van der Waals surface area contributed by atoms with Crippen LogP contribution in [-0.4, -0.2) is 7.11 Å². The van der Waals surface area contributed by atoms with Crippen molar-refractivity contribution in [3.8, 4) is 11.5 Å². The number of methoxy groups -OCH3 is 1. The van der Waals surface area contributed by atoms with E-state index in [2.05, 4.69) is 28.9 Å². The molecule has 2 rings (SSSR count). The maximum atomic E-state index is 6.02. The van der Waals surface area contributed by atoms with E-state index in [4.69, 9.17) is 21.1 Å². The highest BCUT2D eigenvalue weighted by Crippen LogP contribution is 2.27. The van der Waals surface area contributed by atoms with E-state index in [1.54, 1.807) is 13.2 Å². The van der Waals surface area contributed by atoms with E-state index in [0.717, 1.165) is 28.0 Å². The summed E-state index contributed by atoms with van der Waals surface area (Å²) < 4.78 is 11.2. The Hall–Kier alpha value is -1.19. The second-order valence-corrected chi connectivity index (χ2v) is 5.49. The fourth-order valence-electron chi connectivity index (χ4n) is 1.97.